The predicted octanol–water partition coefficient (Wildman–Crippen LogP) is 4.07. The monoisotopic (exact) mass is 419 g/mol. The van der Waals surface area contributed by atoms with Crippen LogP contribution in [-0.4, -0.2) is 42.8 Å². The number of phenolic OH excluding ortho intramolecular Hbond substituents is 1. The molecular formula is C23H27F2NO4. The molecule has 1 N–H and O–H groups in total. The third-order valence-electron chi connectivity index (χ3n) is 5.60. The number of carbonyl (C=O) groups excluding carboxylic acids is 1. The maximum atomic E-state index is 14.4. The van der Waals surface area contributed by atoms with Gasteiger partial charge in [-0.3, -0.25) is 9.69 Å². The highest BCUT2D eigenvalue weighted by Crippen LogP contribution is 2.38. The van der Waals surface area contributed by atoms with E-state index >= 15 is 0 Å². The van der Waals surface area contributed by atoms with Gasteiger partial charge in [0, 0.05) is 24.7 Å². The Kier molecular flexibility index (Phi) is 6.92. The zero-order valence-corrected chi connectivity index (χ0v) is 17.3. The van der Waals surface area contributed by atoms with Gasteiger partial charge < -0.3 is 14.6 Å². The van der Waals surface area contributed by atoms with Gasteiger partial charge in [-0.25, -0.2) is 8.78 Å². The first kappa shape index (κ1) is 22.0. The lowest BCUT2D eigenvalue weighted by Crippen LogP contribution is -2.49. The quantitative estimate of drug-likeness (QED) is 0.686. The highest BCUT2D eigenvalue weighted by molar-refractivity contribution is 5.78. The number of phenols is 1. The number of aromatic hydroxyl groups is 1. The Morgan fingerprint density at radius 3 is 2.73 bits per heavy atom. The summed E-state index contributed by atoms with van der Waals surface area (Å²) < 4.78 is 38.2. The molecule has 1 fully saturated rings. The number of hydrogen-bond donors (Lipinski definition) is 1. The van der Waals surface area contributed by atoms with E-state index < -0.39 is 17.0 Å². The highest BCUT2D eigenvalue weighted by Gasteiger charge is 2.44. The highest BCUT2D eigenvalue weighted by atomic mass is 19.1. The van der Waals surface area contributed by atoms with Crippen LogP contribution in [0.2, 0.25) is 0 Å². The molecule has 0 radical (unpaired) electrons. The second-order valence-electron chi connectivity index (χ2n) is 7.70. The Morgan fingerprint density at radius 1 is 1.23 bits per heavy atom. The zero-order valence-electron chi connectivity index (χ0n) is 17.3. The lowest BCUT2D eigenvalue weighted by atomic mass is 9.74. The van der Waals surface area contributed by atoms with Gasteiger partial charge in [0.1, 0.15) is 11.6 Å². The molecular weight excluding hydrogens is 392 g/mol. The number of hydrogen-bond acceptors (Lipinski definition) is 5. The van der Waals surface area contributed by atoms with E-state index in [2.05, 4.69) is 4.90 Å². The molecule has 0 amide bonds. The van der Waals surface area contributed by atoms with E-state index in [1.54, 1.807) is 25.1 Å². The van der Waals surface area contributed by atoms with Gasteiger partial charge in [-0.15, -0.1) is 0 Å². The number of methoxy groups -OCH3 is 1. The molecule has 1 aliphatic heterocycles. The fourth-order valence-electron chi connectivity index (χ4n) is 4.16. The molecule has 162 valence electrons. The average molecular weight is 419 g/mol. The molecule has 3 rings (SSSR count). The van der Waals surface area contributed by atoms with E-state index in [4.69, 9.17) is 9.47 Å². The van der Waals surface area contributed by atoms with Crippen molar-refractivity contribution in [3.63, 3.8) is 0 Å². The topological polar surface area (TPSA) is 59.0 Å². The molecule has 7 heteroatoms. The molecule has 2 aromatic carbocycles. The van der Waals surface area contributed by atoms with Crippen LogP contribution in [0.1, 0.15) is 30.9 Å². The summed E-state index contributed by atoms with van der Waals surface area (Å²) in [6, 6.07) is 8.70. The number of piperidine rings is 1. The smallest absolute Gasteiger partial charge is 0.313 e. The molecule has 1 unspecified atom stereocenters. The first-order valence-electron chi connectivity index (χ1n) is 10.1. The molecule has 1 heterocycles. The fourth-order valence-corrected chi connectivity index (χ4v) is 4.16. The normalized spacial score (nSPS) is 19.5. The number of rotatable bonds is 7. The summed E-state index contributed by atoms with van der Waals surface area (Å²) in [4.78, 5) is 15.0. The van der Waals surface area contributed by atoms with E-state index in [1.165, 1.54) is 19.2 Å². The van der Waals surface area contributed by atoms with Gasteiger partial charge >= 0.3 is 5.97 Å². The van der Waals surface area contributed by atoms with Crippen LogP contribution >= 0.6 is 0 Å². The van der Waals surface area contributed by atoms with Crippen molar-refractivity contribution in [3.05, 3.63) is 59.2 Å². The largest absolute Gasteiger partial charge is 0.504 e. The van der Waals surface area contributed by atoms with Gasteiger partial charge in [-0.1, -0.05) is 18.2 Å². The van der Waals surface area contributed by atoms with E-state index in [1.807, 2.05) is 0 Å². The van der Waals surface area contributed by atoms with Crippen molar-refractivity contribution >= 4 is 5.97 Å². The van der Waals surface area contributed by atoms with Crippen LogP contribution in [0.3, 0.4) is 0 Å². The molecule has 1 atom stereocenters. The molecule has 0 aliphatic carbocycles. The van der Waals surface area contributed by atoms with Crippen LogP contribution in [-0.2, 0) is 22.5 Å². The van der Waals surface area contributed by atoms with E-state index in [-0.39, 0.29) is 30.3 Å². The molecule has 5 nitrogen and oxygen atoms in total. The van der Waals surface area contributed by atoms with E-state index in [9.17, 15) is 18.7 Å². The predicted molar refractivity (Wildman–Crippen MR) is 108 cm³/mol. The van der Waals surface area contributed by atoms with Crippen molar-refractivity contribution in [2.24, 2.45) is 5.41 Å². The van der Waals surface area contributed by atoms with Crippen LogP contribution in [0.25, 0.3) is 0 Å². The SMILES string of the molecule is CCOC(=O)C1(Cc2ccc(F)cc2F)CCCN(Cc2cccc(OC)c2O)C1. The standard InChI is InChI=1S/C23H27F2NO4/c1-3-30-22(28)23(13-16-8-9-18(24)12-19(16)25)10-5-11-26(15-23)14-17-6-4-7-20(29-2)21(17)27/h4,6-9,12,27H,3,5,10-11,13-15H2,1-2H3. The lowest BCUT2D eigenvalue weighted by Gasteiger charge is -2.41. The summed E-state index contributed by atoms with van der Waals surface area (Å²) in [5, 5.41) is 10.4. The van der Waals surface area contributed by atoms with Crippen LogP contribution < -0.4 is 4.74 Å². The van der Waals surface area contributed by atoms with Gasteiger partial charge in [0.2, 0.25) is 0 Å². The summed E-state index contributed by atoms with van der Waals surface area (Å²) in [6.07, 6.45) is 1.38. The number of likely N-dealkylation sites (tertiary alicyclic amines) is 1. The van der Waals surface area contributed by atoms with Gasteiger partial charge in [-0.2, -0.15) is 0 Å². The van der Waals surface area contributed by atoms with E-state index in [0.717, 1.165) is 12.6 Å². The van der Waals surface area contributed by atoms with Crippen molar-refractivity contribution in [2.75, 3.05) is 26.8 Å². The Balaban J connectivity index is 1.87. The Labute approximate surface area is 175 Å². The first-order chi connectivity index (χ1) is 14.4. The summed E-state index contributed by atoms with van der Waals surface area (Å²) in [5.41, 5.74) is 0.0269. The van der Waals surface area contributed by atoms with Crippen molar-refractivity contribution in [2.45, 2.75) is 32.7 Å². The third-order valence-corrected chi connectivity index (χ3v) is 5.60. The van der Waals surface area contributed by atoms with Gasteiger partial charge in [0.15, 0.2) is 11.5 Å². The number of ether oxygens (including phenoxy) is 2. The Morgan fingerprint density at radius 2 is 2.03 bits per heavy atom. The molecule has 0 bridgehead atoms. The molecule has 0 spiro atoms. The Hall–Kier alpha value is -2.67. The minimum atomic E-state index is -0.943. The Bertz CT molecular complexity index is 905. The lowest BCUT2D eigenvalue weighted by molar-refractivity contribution is -0.159. The summed E-state index contributed by atoms with van der Waals surface area (Å²) in [7, 11) is 1.49. The summed E-state index contributed by atoms with van der Waals surface area (Å²) in [5.74, 6) is -1.25. The summed E-state index contributed by atoms with van der Waals surface area (Å²) >= 11 is 0. The second-order valence-corrected chi connectivity index (χ2v) is 7.70. The fraction of sp³-hybridized carbons (Fsp3) is 0.435. The van der Waals surface area contributed by atoms with Crippen LogP contribution in [0, 0.1) is 17.0 Å². The molecule has 1 aliphatic rings. The molecule has 30 heavy (non-hydrogen) atoms. The van der Waals surface area contributed by atoms with Crippen molar-refractivity contribution in [3.8, 4) is 11.5 Å². The van der Waals surface area contributed by atoms with E-state index in [0.29, 0.717) is 37.2 Å². The minimum absolute atomic E-state index is 0.0666. The van der Waals surface area contributed by atoms with Crippen LogP contribution in [0.4, 0.5) is 8.78 Å². The second kappa shape index (κ2) is 9.43. The van der Waals surface area contributed by atoms with Gasteiger partial charge in [0.25, 0.3) is 0 Å². The number of carbonyl (C=O) groups is 1. The molecule has 0 aromatic heterocycles. The maximum absolute atomic E-state index is 14.4. The zero-order chi connectivity index (χ0) is 21.7. The number of benzene rings is 2. The number of nitrogens with zero attached hydrogens (tertiary/aromatic N) is 1. The van der Waals surface area contributed by atoms with Crippen LogP contribution in [0.5, 0.6) is 11.5 Å². The maximum Gasteiger partial charge on any atom is 0.313 e. The summed E-state index contributed by atoms with van der Waals surface area (Å²) in [6.45, 7) is 3.45. The number of esters is 1. The van der Waals surface area contributed by atoms with Gasteiger partial charge in [-0.05, 0) is 50.4 Å². The van der Waals surface area contributed by atoms with Crippen molar-refractivity contribution in [1.82, 2.24) is 4.90 Å². The van der Waals surface area contributed by atoms with Crippen molar-refractivity contribution in [1.29, 1.82) is 0 Å². The average Bonchev–Trinajstić information content (AvgIpc) is 2.72. The van der Waals surface area contributed by atoms with Crippen LogP contribution in [0.15, 0.2) is 36.4 Å². The van der Waals surface area contributed by atoms with Crippen molar-refractivity contribution < 1.29 is 28.2 Å². The number of halogens is 2. The number of para-hydroxylation sites is 1. The molecule has 1 saturated heterocycles. The third kappa shape index (κ3) is 4.73. The van der Waals surface area contributed by atoms with Gasteiger partial charge in [0.05, 0.1) is 19.1 Å². The first-order valence-corrected chi connectivity index (χ1v) is 10.1. The molecule has 2 aromatic rings. The minimum Gasteiger partial charge on any atom is -0.504 e. The molecule has 0 saturated carbocycles.